The molecule has 5 nitrogen and oxygen atoms in total. The Bertz CT molecular complexity index is 998. The van der Waals surface area contributed by atoms with Crippen molar-refractivity contribution in [1.82, 2.24) is 5.32 Å². The van der Waals surface area contributed by atoms with Gasteiger partial charge in [0.25, 0.3) is 5.91 Å². The van der Waals surface area contributed by atoms with E-state index in [1.807, 2.05) is 48.5 Å². The highest BCUT2D eigenvalue weighted by atomic mass is 16.5. The van der Waals surface area contributed by atoms with E-state index in [4.69, 9.17) is 4.74 Å². The van der Waals surface area contributed by atoms with Crippen molar-refractivity contribution in [3.05, 3.63) is 102 Å². The molecule has 0 bridgehead atoms. The molecule has 152 valence electrons. The largest absolute Gasteiger partial charge is 0.484 e. The Morgan fingerprint density at radius 1 is 0.800 bits per heavy atom. The van der Waals surface area contributed by atoms with Gasteiger partial charge >= 0.3 is 0 Å². The van der Waals surface area contributed by atoms with Gasteiger partial charge in [-0.15, -0.1) is 0 Å². The lowest BCUT2D eigenvalue weighted by atomic mass is 10.0. The minimum atomic E-state index is -0.602. The number of rotatable bonds is 9. The number of hydrogen-bond donors (Lipinski definition) is 1. The third-order valence-electron chi connectivity index (χ3n) is 4.63. The molecular formula is C25H23NO4. The Morgan fingerprint density at radius 2 is 1.37 bits per heavy atom. The topological polar surface area (TPSA) is 72.5 Å². The van der Waals surface area contributed by atoms with E-state index in [9.17, 15) is 14.4 Å². The van der Waals surface area contributed by atoms with Gasteiger partial charge in [-0.25, -0.2) is 0 Å². The standard InChI is InChI=1S/C25H23NO4/c1-18(27)23(16-19-8-4-2-5-9-19)26-24(28)17-30-22-14-12-21(13-15-22)25(29)20-10-6-3-7-11-20/h2-15,23H,16-17H2,1H3,(H,26,28). The molecule has 3 aromatic carbocycles. The Hall–Kier alpha value is -3.73. The van der Waals surface area contributed by atoms with E-state index >= 15 is 0 Å². The molecule has 0 aliphatic heterocycles. The van der Waals surface area contributed by atoms with Crippen molar-refractivity contribution in [1.29, 1.82) is 0 Å². The summed E-state index contributed by atoms with van der Waals surface area (Å²) in [5.74, 6) is -0.103. The lowest BCUT2D eigenvalue weighted by Crippen LogP contribution is -2.43. The second kappa shape index (κ2) is 10.2. The van der Waals surface area contributed by atoms with E-state index in [1.165, 1.54) is 6.92 Å². The summed E-state index contributed by atoms with van der Waals surface area (Å²) in [5.41, 5.74) is 2.12. The van der Waals surface area contributed by atoms with Gasteiger partial charge in [-0.2, -0.15) is 0 Å². The van der Waals surface area contributed by atoms with Gasteiger partial charge in [0.2, 0.25) is 0 Å². The fourth-order valence-electron chi connectivity index (χ4n) is 2.99. The zero-order chi connectivity index (χ0) is 21.3. The van der Waals surface area contributed by atoms with Crippen molar-refractivity contribution in [3.63, 3.8) is 0 Å². The molecule has 1 unspecified atom stereocenters. The number of carbonyl (C=O) groups excluding carboxylic acids is 3. The van der Waals surface area contributed by atoms with Crippen molar-refractivity contribution in [2.75, 3.05) is 6.61 Å². The van der Waals surface area contributed by atoms with Gasteiger partial charge in [-0.3, -0.25) is 14.4 Å². The van der Waals surface area contributed by atoms with Crippen LogP contribution in [0.15, 0.2) is 84.9 Å². The van der Waals surface area contributed by atoms with Crippen LogP contribution in [0.4, 0.5) is 0 Å². The Kier molecular flexibility index (Phi) is 7.11. The first-order valence-electron chi connectivity index (χ1n) is 9.69. The van der Waals surface area contributed by atoms with Crippen molar-refractivity contribution in [2.45, 2.75) is 19.4 Å². The number of ketones is 2. The lowest BCUT2D eigenvalue weighted by molar-refractivity contribution is -0.128. The third kappa shape index (κ3) is 5.88. The summed E-state index contributed by atoms with van der Waals surface area (Å²) >= 11 is 0. The van der Waals surface area contributed by atoms with Gasteiger partial charge in [0.05, 0.1) is 6.04 Å². The summed E-state index contributed by atoms with van der Waals surface area (Å²) in [6.45, 7) is 1.24. The SMILES string of the molecule is CC(=O)C(Cc1ccccc1)NC(=O)COc1ccc(C(=O)c2ccccc2)cc1. The molecule has 0 aromatic heterocycles. The molecule has 0 aliphatic rings. The fraction of sp³-hybridized carbons (Fsp3) is 0.160. The monoisotopic (exact) mass is 401 g/mol. The van der Waals surface area contributed by atoms with Gasteiger partial charge in [0.15, 0.2) is 18.2 Å². The van der Waals surface area contributed by atoms with Crippen LogP contribution in [0.25, 0.3) is 0 Å². The molecule has 5 heteroatoms. The molecule has 0 spiro atoms. The number of Topliss-reactive ketones (excluding diaryl/α,β-unsaturated/α-hetero) is 1. The van der Waals surface area contributed by atoms with E-state index < -0.39 is 6.04 Å². The highest BCUT2D eigenvalue weighted by Gasteiger charge is 2.18. The summed E-state index contributed by atoms with van der Waals surface area (Å²) in [7, 11) is 0. The number of carbonyl (C=O) groups is 3. The third-order valence-corrected chi connectivity index (χ3v) is 4.63. The van der Waals surface area contributed by atoms with E-state index in [1.54, 1.807) is 36.4 Å². The first-order chi connectivity index (χ1) is 14.5. The van der Waals surface area contributed by atoms with Gasteiger partial charge in [0.1, 0.15) is 5.75 Å². The molecule has 0 radical (unpaired) electrons. The normalized spacial score (nSPS) is 11.4. The first kappa shape index (κ1) is 21.0. The van der Waals surface area contributed by atoms with Gasteiger partial charge in [0, 0.05) is 11.1 Å². The highest BCUT2D eigenvalue weighted by molar-refractivity contribution is 6.09. The van der Waals surface area contributed by atoms with Gasteiger partial charge < -0.3 is 10.1 Å². The minimum absolute atomic E-state index is 0.0786. The molecule has 0 fully saturated rings. The van der Waals surface area contributed by atoms with Gasteiger partial charge in [-0.1, -0.05) is 60.7 Å². The molecule has 0 aliphatic carbocycles. The number of amides is 1. The zero-order valence-corrected chi connectivity index (χ0v) is 16.7. The zero-order valence-electron chi connectivity index (χ0n) is 16.7. The molecule has 3 aromatic rings. The molecule has 0 saturated carbocycles. The van der Waals surface area contributed by atoms with Crippen molar-refractivity contribution >= 4 is 17.5 Å². The maximum Gasteiger partial charge on any atom is 0.258 e. The maximum atomic E-state index is 12.4. The predicted octanol–water partition coefficient (Wildman–Crippen LogP) is 3.61. The smallest absolute Gasteiger partial charge is 0.258 e. The second-order valence-corrected chi connectivity index (χ2v) is 6.93. The molecule has 1 atom stereocenters. The predicted molar refractivity (Wildman–Crippen MR) is 115 cm³/mol. The van der Waals surface area contributed by atoms with Crippen LogP contribution in [-0.4, -0.2) is 30.1 Å². The van der Waals surface area contributed by atoms with Crippen molar-refractivity contribution < 1.29 is 19.1 Å². The van der Waals surface area contributed by atoms with Crippen molar-refractivity contribution in [2.24, 2.45) is 0 Å². The average molecular weight is 401 g/mol. The summed E-state index contributed by atoms with van der Waals surface area (Å²) in [6, 6.07) is 24.5. The van der Waals surface area contributed by atoms with E-state index in [-0.39, 0.29) is 24.1 Å². The highest BCUT2D eigenvalue weighted by Crippen LogP contribution is 2.15. The van der Waals surface area contributed by atoms with Crippen LogP contribution in [0.2, 0.25) is 0 Å². The van der Waals surface area contributed by atoms with E-state index in [0.29, 0.717) is 23.3 Å². The number of benzene rings is 3. The number of nitrogens with one attached hydrogen (secondary N) is 1. The van der Waals surface area contributed by atoms with Crippen LogP contribution in [0.5, 0.6) is 5.75 Å². The quantitative estimate of drug-likeness (QED) is 0.556. The molecule has 1 N–H and O–H groups in total. The van der Waals surface area contributed by atoms with Crippen LogP contribution in [0, 0.1) is 0 Å². The Labute approximate surface area is 175 Å². The summed E-state index contributed by atoms with van der Waals surface area (Å²) in [5, 5.41) is 2.72. The first-order valence-corrected chi connectivity index (χ1v) is 9.69. The summed E-state index contributed by atoms with van der Waals surface area (Å²) in [6.07, 6.45) is 0.429. The molecule has 3 rings (SSSR count). The second-order valence-electron chi connectivity index (χ2n) is 6.93. The van der Waals surface area contributed by atoms with Crippen LogP contribution >= 0.6 is 0 Å². The van der Waals surface area contributed by atoms with Crippen LogP contribution in [0.3, 0.4) is 0 Å². The average Bonchev–Trinajstić information content (AvgIpc) is 2.78. The molecule has 1 amide bonds. The number of ether oxygens (including phenoxy) is 1. The summed E-state index contributed by atoms with van der Waals surface area (Å²) in [4.78, 5) is 36.5. The molecule has 0 heterocycles. The minimum Gasteiger partial charge on any atom is -0.484 e. The molecule has 30 heavy (non-hydrogen) atoms. The van der Waals surface area contributed by atoms with Crippen LogP contribution in [-0.2, 0) is 16.0 Å². The maximum absolute atomic E-state index is 12.4. The van der Waals surface area contributed by atoms with Crippen LogP contribution in [0.1, 0.15) is 28.4 Å². The fourth-order valence-corrected chi connectivity index (χ4v) is 2.99. The number of hydrogen-bond acceptors (Lipinski definition) is 4. The van der Waals surface area contributed by atoms with Crippen molar-refractivity contribution in [3.8, 4) is 5.75 Å². The molecule has 0 saturated heterocycles. The lowest BCUT2D eigenvalue weighted by Gasteiger charge is -2.16. The molecular weight excluding hydrogens is 378 g/mol. The Morgan fingerprint density at radius 3 is 1.97 bits per heavy atom. The van der Waals surface area contributed by atoms with Gasteiger partial charge in [-0.05, 0) is 43.2 Å². The van der Waals surface area contributed by atoms with E-state index in [0.717, 1.165) is 5.56 Å². The van der Waals surface area contributed by atoms with E-state index in [2.05, 4.69) is 5.32 Å². The summed E-state index contributed by atoms with van der Waals surface area (Å²) < 4.78 is 5.50. The Balaban J connectivity index is 1.53. The van der Waals surface area contributed by atoms with Crippen LogP contribution < -0.4 is 10.1 Å².